The summed E-state index contributed by atoms with van der Waals surface area (Å²) in [5, 5.41) is 1.12. The van der Waals surface area contributed by atoms with E-state index in [1.54, 1.807) is 16.7 Å². The van der Waals surface area contributed by atoms with Gasteiger partial charge in [0, 0.05) is 23.1 Å². The summed E-state index contributed by atoms with van der Waals surface area (Å²) in [6, 6.07) is 17.7. The van der Waals surface area contributed by atoms with Crippen molar-refractivity contribution >= 4 is 10.8 Å². The fraction of sp³-hybridized carbons (Fsp3) is 0.130. The number of aromatic nitrogens is 2. The second-order valence-electron chi connectivity index (χ2n) is 6.69. The van der Waals surface area contributed by atoms with Crippen LogP contribution < -0.4 is 10.3 Å². The molecule has 0 fully saturated rings. The lowest BCUT2D eigenvalue weighted by Crippen LogP contribution is -2.22. The van der Waals surface area contributed by atoms with Crippen LogP contribution in [0.1, 0.15) is 12.6 Å². The van der Waals surface area contributed by atoms with Crippen LogP contribution in [0.3, 0.4) is 0 Å². The smallest absolute Gasteiger partial charge is 0.404 e. The number of pyridine rings is 2. The molecule has 0 bridgehead atoms. The van der Waals surface area contributed by atoms with Crippen LogP contribution in [0.5, 0.6) is 5.75 Å². The Bertz CT molecular complexity index is 1270. The quantitative estimate of drug-likeness (QED) is 0.445. The van der Waals surface area contributed by atoms with E-state index in [1.807, 2.05) is 49.4 Å². The van der Waals surface area contributed by atoms with Gasteiger partial charge in [0.05, 0.1) is 11.6 Å². The maximum Gasteiger partial charge on any atom is 0.573 e. The molecule has 0 aliphatic carbocycles. The highest BCUT2D eigenvalue weighted by Crippen LogP contribution is 2.31. The number of aryl methyl sites for hydroxylation is 1. The number of ether oxygens (including phenoxy) is 1. The van der Waals surface area contributed by atoms with Gasteiger partial charge in [0.2, 0.25) is 0 Å². The molecular weight excluding hydrogens is 393 g/mol. The number of benzene rings is 2. The largest absolute Gasteiger partial charge is 0.573 e. The van der Waals surface area contributed by atoms with E-state index in [4.69, 9.17) is 0 Å². The Kier molecular flexibility index (Phi) is 5.03. The van der Waals surface area contributed by atoms with Gasteiger partial charge in [0.15, 0.2) is 0 Å². The highest BCUT2D eigenvalue weighted by molar-refractivity contribution is 5.96. The third kappa shape index (κ3) is 3.78. The van der Waals surface area contributed by atoms with E-state index in [2.05, 4.69) is 9.72 Å². The molecule has 0 radical (unpaired) electrons. The van der Waals surface area contributed by atoms with Gasteiger partial charge in [-0.25, -0.2) is 0 Å². The maximum atomic E-state index is 13.5. The van der Waals surface area contributed by atoms with Gasteiger partial charge in [0.1, 0.15) is 5.75 Å². The number of para-hydroxylation sites is 1. The Morgan fingerprint density at radius 2 is 1.77 bits per heavy atom. The third-order valence-electron chi connectivity index (χ3n) is 4.76. The Balaban J connectivity index is 1.97. The summed E-state index contributed by atoms with van der Waals surface area (Å²) in [5.74, 6) is -0.439. The molecular formula is C23H17F3N2O2. The van der Waals surface area contributed by atoms with Gasteiger partial charge in [0.25, 0.3) is 5.56 Å². The van der Waals surface area contributed by atoms with Crippen molar-refractivity contribution in [3.8, 4) is 22.6 Å². The number of fused-ring (bicyclic) bond motifs is 1. The molecule has 30 heavy (non-hydrogen) atoms. The number of rotatable bonds is 4. The molecule has 2 heterocycles. The van der Waals surface area contributed by atoms with E-state index < -0.39 is 12.1 Å². The lowest BCUT2D eigenvalue weighted by Gasteiger charge is -2.16. The highest BCUT2D eigenvalue weighted by atomic mass is 19.4. The van der Waals surface area contributed by atoms with Gasteiger partial charge < -0.3 is 4.74 Å². The highest BCUT2D eigenvalue weighted by Gasteiger charge is 2.31. The number of nitrogens with zero attached hydrogens (tertiary/aromatic N) is 2. The van der Waals surface area contributed by atoms with Crippen LogP contribution in [0.4, 0.5) is 13.2 Å². The van der Waals surface area contributed by atoms with Crippen LogP contribution in [-0.4, -0.2) is 15.9 Å². The molecule has 0 unspecified atom stereocenters. The van der Waals surface area contributed by atoms with E-state index >= 15 is 0 Å². The second kappa shape index (κ2) is 7.67. The average Bonchev–Trinajstić information content (AvgIpc) is 2.72. The molecule has 4 nitrogen and oxygen atoms in total. The van der Waals surface area contributed by atoms with Crippen LogP contribution in [0, 0.1) is 0 Å². The summed E-state index contributed by atoms with van der Waals surface area (Å²) in [5.41, 5.74) is 2.17. The Hall–Kier alpha value is -3.61. The molecule has 0 aliphatic rings. The summed E-state index contributed by atoms with van der Waals surface area (Å²) >= 11 is 0. The van der Waals surface area contributed by atoms with Crippen LogP contribution in [0.15, 0.2) is 77.9 Å². The Morgan fingerprint density at radius 1 is 1.00 bits per heavy atom. The van der Waals surface area contributed by atoms with Gasteiger partial charge in [-0.1, -0.05) is 43.3 Å². The summed E-state index contributed by atoms with van der Waals surface area (Å²) < 4.78 is 43.5. The van der Waals surface area contributed by atoms with Crippen molar-refractivity contribution in [2.24, 2.45) is 0 Å². The molecule has 0 aliphatic heterocycles. The number of hydrogen-bond acceptors (Lipinski definition) is 3. The van der Waals surface area contributed by atoms with Crippen LogP contribution >= 0.6 is 0 Å². The fourth-order valence-electron chi connectivity index (χ4n) is 3.53. The van der Waals surface area contributed by atoms with Crippen molar-refractivity contribution in [3.63, 3.8) is 0 Å². The molecule has 0 spiro atoms. The SMILES string of the molecule is CCc1cc2cccc(-c3cncc(OC(F)(F)F)c3)c2c(=O)n1-c1ccccc1. The number of alkyl halides is 3. The van der Waals surface area contributed by atoms with Crippen molar-refractivity contribution < 1.29 is 17.9 Å². The van der Waals surface area contributed by atoms with Gasteiger partial charge >= 0.3 is 6.36 Å². The molecule has 0 N–H and O–H groups in total. The van der Waals surface area contributed by atoms with Crippen molar-refractivity contribution in [2.45, 2.75) is 19.7 Å². The van der Waals surface area contributed by atoms with Crippen molar-refractivity contribution in [2.75, 3.05) is 0 Å². The zero-order chi connectivity index (χ0) is 21.3. The summed E-state index contributed by atoms with van der Waals surface area (Å²) in [7, 11) is 0. The van der Waals surface area contributed by atoms with E-state index in [9.17, 15) is 18.0 Å². The minimum absolute atomic E-state index is 0.242. The molecule has 7 heteroatoms. The normalized spacial score (nSPS) is 11.6. The first-order valence-corrected chi connectivity index (χ1v) is 9.31. The van der Waals surface area contributed by atoms with E-state index in [0.29, 0.717) is 28.3 Å². The first kappa shape index (κ1) is 19.7. The lowest BCUT2D eigenvalue weighted by molar-refractivity contribution is -0.274. The summed E-state index contributed by atoms with van der Waals surface area (Å²) in [6.07, 6.45) is -1.78. The topological polar surface area (TPSA) is 44.1 Å². The molecule has 0 amide bonds. The van der Waals surface area contributed by atoms with Gasteiger partial charge in [-0.05, 0) is 41.6 Å². The standard InChI is InChI=1S/C23H17F3N2O2/c1-2-17-11-15-7-6-10-20(16-12-19(14-27-13-16)30-23(24,25)26)21(15)22(29)28(17)18-8-4-3-5-9-18/h3-14H,2H2,1H3. The predicted octanol–water partition coefficient (Wildman–Crippen LogP) is 5.51. The molecule has 2 aromatic heterocycles. The van der Waals surface area contributed by atoms with Crippen LogP contribution in [0.2, 0.25) is 0 Å². The first-order valence-electron chi connectivity index (χ1n) is 9.31. The molecule has 0 saturated heterocycles. The van der Waals surface area contributed by atoms with Gasteiger partial charge in [-0.2, -0.15) is 0 Å². The predicted molar refractivity (Wildman–Crippen MR) is 109 cm³/mol. The van der Waals surface area contributed by atoms with Crippen LogP contribution in [0.25, 0.3) is 27.6 Å². The van der Waals surface area contributed by atoms with Gasteiger partial charge in [-0.3, -0.25) is 14.3 Å². The Morgan fingerprint density at radius 3 is 2.47 bits per heavy atom. The van der Waals surface area contributed by atoms with Crippen LogP contribution in [-0.2, 0) is 6.42 Å². The summed E-state index contributed by atoms with van der Waals surface area (Å²) in [6.45, 7) is 1.96. The minimum Gasteiger partial charge on any atom is -0.404 e. The second-order valence-corrected chi connectivity index (χ2v) is 6.69. The molecule has 152 valence electrons. The number of hydrogen-bond donors (Lipinski definition) is 0. The molecule has 4 aromatic rings. The lowest BCUT2D eigenvalue weighted by atomic mass is 9.99. The van der Waals surface area contributed by atoms with E-state index in [1.165, 1.54) is 12.3 Å². The molecule has 0 atom stereocenters. The van der Waals surface area contributed by atoms with E-state index in [-0.39, 0.29) is 5.56 Å². The Labute approximate surface area is 170 Å². The fourth-order valence-corrected chi connectivity index (χ4v) is 3.53. The van der Waals surface area contributed by atoms with Gasteiger partial charge in [-0.15, -0.1) is 13.2 Å². The minimum atomic E-state index is -4.82. The van der Waals surface area contributed by atoms with Crippen molar-refractivity contribution in [3.05, 3.63) is 89.1 Å². The number of halogens is 3. The first-order chi connectivity index (χ1) is 14.4. The molecule has 2 aromatic carbocycles. The molecule has 0 saturated carbocycles. The monoisotopic (exact) mass is 410 g/mol. The average molecular weight is 410 g/mol. The third-order valence-corrected chi connectivity index (χ3v) is 4.76. The van der Waals surface area contributed by atoms with Crippen molar-refractivity contribution in [1.82, 2.24) is 9.55 Å². The molecule has 4 rings (SSSR count). The summed E-state index contributed by atoms with van der Waals surface area (Å²) in [4.78, 5) is 17.4. The van der Waals surface area contributed by atoms with Crippen molar-refractivity contribution in [1.29, 1.82) is 0 Å². The van der Waals surface area contributed by atoms with E-state index in [0.717, 1.165) is 17.6 Å². The zero-order valence-corrected chi connectivity index (χ0v) is 16.0. The maximum absolute atomic E-state index is 13.5. The zero-order valence-electron chi connectivity index (χ0n) is 16.0.